The lowest BCUT2D eigenvalue weighted by Crippen LogP contribution is -2.26. The van der Waals surface area contributed by atoms with Crippen molar-refractivity contribution in [2.45, 2.75) is 38.9 Å². The van der Waals surface area contributed by atoms with Gasteiger partial charge in [-0.15, -0.1) is 0 Å². The van der Waals surface area contributed by atoms with E-state index >= 15 is 0 Å². The summed E-state index contributed by atoms with van der Waals surface area (Å²) < 4.78 is 6.09. The Labute approximate surface area is 150 Å². The molecule has 0 saturated heterocycles. The number of methoxy groups -OCH3 is 1. The van der Waals surface area contributed by atoms with E-state index in [1.165, 1.54) is 23.4 Å². The van der Waals surface area contributed by atoms with E-state index in [1.54, 1.807) is 18.2 Å². The molecular weight excluding hydrogens is 340 g/mol. The Hall–Kier alpha value is -2.15. The first-order valence-corrected chi connectivity index (χ1v) is 8.95. The fraction of sp³-hybridized carbons (Fsp3) is 0.444. The number of ketones is 1. The summed E-state index contributed by atoms with van der Waals surface area (Å²) in [4.78, 5) is 40.9. The number of hydrogen-bond acceptors (Lipinski definition) is 6. The van der Waals surface area contributed by atoms with E-state index < -0.39 is 11.4 Å². The molecule has 25 heavy (non-hydrogen) atoms. The molecule has 0 bridgehead atoms. The molecule has 0 radical (unpaired) electrons. The van der Waals surface area contributed by atoms with E-state index in [4.69, 9.17) is 0 Å². The monoisotopic (exact) mass is 362 g/mol. The number of carbonyl (C=O) groups is 2. The fourth-order valence-corrected chi connectivity index (χ4v) is 3.29. The Balaban J connectivity index is 2.39. The third kappa shape index (κ3) is 4.69. The summed E-state index contributed by atoms with van der Waals surface area (Å²) in [5.74, 6) is -0.117. The van der Waals surface area contributed by atoms with Crippen molar-refractivity contribution in [2.24, 2.45) is 5.41 Å². The van der Waals surface area contributed by atoms with Crippen molar-refractivity contribution in [1.82, 2.24) is 9.55 Å². The van der Waals surface area contributed by atoms with Gasteiger partial charge in [-0.05, 0) is 12.1 Å². The van der Waals surface area contributed by atoms with Crippen molar-refractivity contribution in [3.05, 3.63) is 34.6 Å². The summed E-state index contributed by atoms with van der Waals surface area (Å²) in [7, 11) is 1.31. The lowest BCUT2D eigenvalue weighted by molar-refractivity contribution is -0.140. The molecule has 0 atom stereocenters. The van der Waals surface area contributed by atoms with Crippen molar-refractivity contribution >= 4 is 34.4 Å². The van der Waals surface area contributed by atoms with Gasteiger partial charge in [0.15, 0.2) is 5.16 Å². The maximum atomic E-state index is 12.8. The summed E-state index contributed by atoms with van der Waals surface area (Å²) in [6, 6.07) is 7.04. The second-order valence-corrected chi connectivity index (χ2v) is 7.60. The number of fused-ring (bicyclic) bond motifs is 1. The number of ether oxygens (including phenoxy) is 1. The zero-order valence-corrected chi connectivity index (χ0v) is 15.7. The summed E-state index contributed by atoms with van der Waals surface area (Å²) in [6.45, 7) is 5.73. The van der Waals surface area contributed by atoms with Crippen LogP contribution in [0.25, 0.3) is 10.9 Å². The van der Waals surface area contributed by atoms with Crippen LogP contribution in [0.2, 0.25) is 0 Å². The van der Waals surface area contributed by atoms with Crippen LogP contribution in [0.5, 0.6) is 0 Å². The number of carbonyl (C=O) groups excluding carboxylic acids is 2. The van der Waals surface area contributed by atoms with Gasteiger partial charge in [-0.3, -0.25) is 19.0 Å². The van der Waals surface area contributed by atoms with E-state index in [2.05, 4.69) is 9.72 Å². The highest BCUT2D eigenvalue weighted by atomic mass is 32.2. The third-order valence-electron chi connectivity index (χ3n) is 3.76. The van der Waals surface area contributed by atoms with Gasteiger partial charge < -0.3 is 4.74 Å². The summed E-state index contributed by atoms with van der Waals surface area (Å²) in [6.07, 6.45) is 0.0667. The van der Waals surface area contributed by atoms with Crippen LogP contribution in [0.15, 0.2) is 34.2 Å². The first kappa shape index (κ1) is 19.2. The molecule has 6 nitrogen and oxygen atoms in total. The molecule has 7 heteroatoms. The van der Waals surface area contributed by atoms with Crippen molar-refractivity contribution in [2.75, 3.05) is 12.9 Å². The molecule has 1 aromatic carbocycles. The van der Waals surface area contributed by atoms with Gasteiger partial charge in [-0.1, -0.05) is 44.7 Å². The first-order valence-electron chi connectivity index (χ1n) is 7.96. The van der Waals surface area contributed by atoms with Crippen molar-refractivity contribution in [3.8, 4) is 0 Å². The van der Waals surface area contributed by atoms with Gasteiger partial charge in [0.25, 0.3) is 5.56 Å². The maximum absolute atomic E-state index is 12.8. The molecule has 2 aromatic rings. The summed E-state index contributed by atoms with van der Waals surface area (Å²) in [5.41, 5.74) is -0.103. The Morgan fingerprint density at radius 1 is 1.24 bits per heavy atom. The number of aromatic nitrogens is 2. The highest BCUT2D eigenvalue weighted by Gasteiger charge is 2.22. The predicted octanol–water partition coefficient (Wildman–Crippen LogP) is 2.67. The minimum absolute atomic E-state index is 0.0667. The number of Topliss-reactive ketones (excluding diaryl/α,β-unsaturated/α-hetero) is 1. The number of rotatable bonds is 6. The van der Waals surface area contributed by atoms with Crippen LogP contribution < -0.4 is 5.56 Å². The highest BCUT2D eigenvalue weighted by molar-refractivity contribution is 7.99. The van der Waals surface area contributed by atoms with Gasteiger partial charge in [-0.2, -0.15) is 0 Å². The van der Waals surface area contributed by atoms with Gasteiger partial charge in [0, 0.05) is 12.0 Å². The van der Waals surface area contributed by atoms with E-state index in [9.17, 15) is 14.4 Å². The molecule has 0 N–H and O–H groups in total. The molecule has 0 fully saturated rings. The van der Waals surface area contributed by atoms with Crippen molar-refractivity contribution in [3.63, 3.8) is 0 Å². The molecule has 0 aliphatic rings. The average Bonchev–Trinajstić information content (AvgIpc) is 2.57. The molecule has 2 rings (SSSR count). The second-order valence-electron chi connectivity index (χ2n) is 6.66. The number of para-hydroxylation sites is 1. The second kappa shape index (κ2) is 7.82. The number of nitrogens with zero attached hydrogens (tertiary/aromatic N) is 2. The topological polar surface area (TPSA) is 78.3 Å². The zero-order valence-electron chi connectivity index (χ0n) is 14.9. The largest absolute Gasteiger partial charge is 0.469 e. The standard InChI is InChI=1S/C18H22N2O4S/c1-18(2,3)14(21)11-25-17-19-13-8-6-5-7-12(13)16(23)20(17)10-9-15(22)24-4/h5-8H,9-11H2,1-4H3. The van der Waals surface area contributed by atoms with Gasteiger partial charge in [0.05, 0.1) is 30.2 Å². The third-order valence-corrected chi connectivity index (χ3v) is 4.74. The summed E-state index contributed by atoms with van der Waals surface area (Å²) >= 11 is 1.22. The van der Waals surface area contributed by atoms with Crippen LogP contribution in [0.4, 0.5) is 0 Å². The maximum Gasteiger partial charge on any atom is 0.307 e. The smallest absolute Gasteiger partial charge is 0.307 e. The van der Waals surface area contributed by atoms with Gasteiger partial charge >= 0.3 is 5.97 Å². The van der Waals surface area contributed by atoms with E-state index in [1.807, 2.05) is 26.8 Å². The fourth-order valence-electron chi connectivity index (χ4n) is 2.11. The molecule has 1 heterocycles. The zero-order chi connectivity index (χ0) is 18.6. The van der Waals surface area contributed by atoms with Gasteiger partial charge in [0.1, 0.15) is 5.78 Å². The first-order chi connectivity index (χ1) is 11.7. The number of benzene rings is 1. The number of esters is 1. The molecule has 0 aliphatic heterocycles. The minimum atomic E-state index is -0.457. The van der Waals surface area contributed by atoms with Crippen LogP contribution in [0.1, 0.15) is 27.2 Å². The van der Waals surface area contributed by atoms with Crippen LogP contribution in [0, 0.1) is 5.41 Å². The van der Waals surface area contributed by atoms with E-state index in [-0.39, 0.29) is 30.1 Å². The summed E-state index contributed by atoms with van der Waals surface area (Å²) in [5, 5.41) is 0.920. The van der Waals surface area contributed by atoms with Crippen LogP contribution in [-0.4, -0.2) is 34.2 Å². The molecular formula is C18H22N2O4S. The average molecular weight is 362 g/mol. The molecule has 0 saturated carbocycles. The minimum Gasteiger partial charge on any atom is -0.469 e. The van der Waals surface area contributed by atoms with Crippen molar-refractivity contribution in [1.29, 1.82) is 0 Å². The van der Waals surface area contributed by atoms with E-state index in [0.29, 0.717) is 16.1 Å². The Bertz CT molecular complexity index is 852. The normalized spacial score (nSPS) is 11.5. The Kier molecular flexibility index (Phi) is 6.00. The molecule has 134 valence electrons. The molecule has 0 amide bonds. The lowest BCUT2D eigenvalue weighted by Gasteiger charge is -2.17. The molecule has 0 spiro atoms. The quantitative estimate of drug-likeness (QED) is 0.447. The van der Waals surface area contributed by atoms with Crippen molar-refractivity contribution < 1.29 is 14.3 Å². The molecule has 0 unspecified atom stereocenters. The van der Waals surface area contributed by atoms with Crippen LogP contribution >= 0.6 is 11.8 Å². The predicted molar refractivity (Wildman–Crippen MR) is 97.8 cm³/mol. The number of hydrogen-bond donors (Lipinski definition) is 0. The van der Waals surface area contributed by atoms with Gasteiger partial charge in [-0.25, -0.2) is 4.98 Å². The SMILES string of the molecule is COC(=O)CCn1c(SCC(=O)C(C)(C)C)nc2ccccc2c1=O. The number of thioether (sulfide) groups is 1. The lowest BCUT2D eigenvalue weighted by atomic mass is 9.92. The molecule has 0 aliphatic carbocycles. The van der Waals surface area contributed by atoms with Crippen LogP contribution in [-0.2, 0) is 20.9 Å². The van der Waals surface area contributed by atoms with E-state index in [0.717, 1.165) is 0 Å². The Morgan fingerprint density at radius 2 is 1.92 bits per heavy atom. The Morgan fingerprint density at radius 3 is 2.56 bits per heavy atom. The van der Waals surface area contributed by atoms with Crippen LogP contribution in [0.3, 0.4) is 0 Å². The van der Waals surface area contributed by atoms with Gasteiger partial charge in [0.2, 0.25) is 0 Å². The molecule has 1 aromatic heterocycles. The highest BCUT2D eigenvalue weighted by Crippen LogP contribution is 2.23.